The molecule has 206 valence electrons. The number of phenols is 1. The van der Waals surface area contributed by atoms with Gasteiger partial charge in [-0.15, -0.1) is 0 Å². The van der Waals surface area contributed by atoms with Gasteiger partial charge in [0.25, 0.3) is 0 Å². The molecule has 1 atom stereocenters. The number of phenolic OH excluding ortho intramolecular Hbond substituents is 1. The topological polar surface area (TPSA) is 114 Å². The third-order valence-corrected chi connectivity index (χ3v) is 11.8. The Morgan fingerprint density at radius 2 is 1.73 bits per heavy atom. The van der Waals surface area contributed by atoms with E-state index >= 15 is 0 Å². The number of esters is 1. The van der Waals surface area contributed by atoms with E-state index in [0.717, 1.165) is 17.4 Å². The highest BCUT2D eigenvalue weighted by atomic mass is 32.2. The van der Waals surface area contributed by atoms with Crippen molar-refractivity contribution in [1.29, 1.82) is 0 Å². The predicted octanol–water partition coefficient (Wildman–Crippen LogP) is 5.22. The minimum atomic E-state index is -3.57. The number of carbonyl (C=O) groups excluding carboxylic acids is 1. The molecule has 0 heterocycles. The van der Waals surface area contributed by atoms with Crippen LogP contribution in [-0.4, -0.2) is 53.3 Å². The number of sulfonamides is 1. The van der Waals surface area contributed by atoms with E-state index in [0.29, 0.717) is 18.5 Å². The van der Waals surface area contributed by atoms with Crippen molar-refractivity contribution in [2.75, 3.05) is 24.6 Å². The molecule has 0 spiro atoms. The first-order valence-electron chi connectivity index (χ1n) is 12.2. The molecule has 0 aliphatic carbocycles. The zero-order valence-corrected chi connectivity index (χ0v) is 25.2. The molecule has 0 fully saturated rings. The highest BCUT2D eigenvalue weighted by Gasteiger charge is 2.40. The van der Waals surface area contributed by atoms with Crippen LogP contribution in [0.1, 0.15) is 62.2 Å². The molecule has 0 bridgehead atoms. The van der Waals surface area contributed by atoms with E-state index < -0.39 is 18.3 Å². The van der Waals surface area contributed by atoms with Gasteiger partial charge in [0.05, 0.1) is 30.7 Å². The van der Waals surface area contributed by atoms with Crippen LogP contribution in [0.2, 0.25) is 18.1 Å². The van der Waals surface area contributed by atoms with Crippen molar-refractivity contribution in [3.63, 3.8) is 0 Å². The van der Waals surface area contributed by atoms with Crippen molar-refractivity contribution < 1.29 is 27.5 Å². The lowest BCUT2D eigenvalue weighted by molar-refractivity contribution is 0.0600. The Bertz CT molecular complexity index is 1210. The molecule has 0 unspecified atom stereocenters. The Kier molecular flexibility index (Phi) is 9.62. The number of hydrogen-bond donors (Lipinski definition) is 3. The quantitative estimate of drug-likeness (QED) is 0.200. The summed E-state index contributed by atoms with van der Waals surface area (Å²) in [5, 5.41) is 13.8. The number of rotatable bonds is 11. The average Bonchev–Trinajstić information content (AvgIpc) is 2.75. The summed E-state index contributed by atoms with van der Waals surface area (Å²) < 4.78 is 37.7. The van der Waals surface area contributed by atoms with Gasteiger partial charge < -0.3 is 19.6 Å². The number of ether oxygens (including phenoxy) is 1. The fraction of sp³-hybridized carbons (Fsp3) is 0.519. The standard InChI is InChI=1S/C27H42N2O6SSi/c1-26(2,3)37(8,9)35-24(20-13-14-23(30)22(16-20)29-36(7,32)33)18-28-27(4,5)17-19-11-10-12-21(15-19)25(31)34-6/h10-16,24,28-30H,17-18H2,1-9H3/t24-/m0/s1. The Labute approximate surface area is 223 Å². The van der Waals surface area contributed by atoms with Crippen LogP contribution in [0, 0.1) is 0 Å². The minimum Gasteiger partial charge on any atom is -0.506 e. The molecular formula is C27H42N2O6SSi. The zero-order chi connectivity index (χ0) is 28.2. The Balaban J connectivity index is 2.34. The van der Waals surface area contributed by atoms with Gasteiger partial charge in [0.1, 0.15) is 5.75 Å². The summed E-state index contributed by atoms with van der Waals surface area (Å²) in [5.41, 5.74) is 2.01. The number of carbonyl (C=O) groups is 1. The summed E-state index contributed by atoms with van der Waals surface area (Å²) in [6, 6.07) is 12.2. The van der Waals surface area contributed by atoms with Crippen molar-refractivity contribution >= 4 is 30.0 Å². The van der Waals surface area contributed by atoms with Gasteiger partial charge in [-0.1, -0.05) is 39.0 Å². The fourth-order valence-corrected chi connectivity index (χ4v) is 5.51. The van der Waals surface area contributed by atoms with Gasteiger partial charge in [-0.25, -0.2) is 13.2 Å². The molecule has 2 aromatic rings. The second kappa shape index (κ2) is 11.5. The Morgan fingerprint density at radius 1 is 1.08 bits per heavy atom. The Hall–Kier alpha value is -2.40. The molecule has 0 saturated carbocycles. The third-order valence-electron chi connectivity index (χ3n) is 6.69. The van der Waals surface area contributed by atoms with Crippen LogP contribution >= 0.6 is 0 Å². The first-order valence-corrected chi connectivity index (χ1v) is 17.0. The first-order chi connectivity index (χ1) is 16.8. The van der Waals surface area contributed by atoms with Crippen LogP contribution in [0.3, 0.4) is 0 Å². The van der Waals surface area contributed by atoms with E-state index in [1.54, 1.807) is 18.2 Å². The predicted molar refractivity (Wildman–Crippen MR) is 151 cm³/mol. The number of anilines is 1. The molecule has 3 N–H and O–H groups in total. The van der Waals surface area contributed by atoms with Gasteiger partial charge in [0.2, 0.25) is 10.0 Å². The first kappa shape index (κ1) is 30.8. The molecule has 0 aromatic heterocycles. The SMILES string of the molecule is COC(=O)c1cccc(CC(C)(C)NC[C@H](O[Si](C)(C)C(C)(C)C)c2ccc(O)c(NS(C)(=O)=O)c2)c1. The average molecular weight is 551 g/mol. The van der Waals surface area contributed by atoms with Gasteiger partial charge in [-0.05, 0) is 73.8 Å². The summed E-state index contributed by atoms with van der Waals surface area (Å²) in [5.74, 6) is -0.527. The molecule has 2 aromatic carbocycles. The molecule has 0 aliphatic rings. The lowest BCUT2D eigenvalue weighted by Crippen LogP contribution is -2.47. The maximum Gasteiger partial charge on any atom is 0.337 e. The van der Waals surface area contributed by atoms with Crippen molar-refractivity contribution in [2.45, 2.75) is 70.8 Å². The van der Waals surface area contributed by atoms with Crippen molar-refractivity contribution in [3.05, 3.63) is 59.2 Å². The molecule has 0 radical (unpaired) electrons. The van der Waals surface area contributed by atoms with Gasteiger partial charge in [-0.3, -0.25) is 4.72 Å². The molecule has 8 nitrogen and oxygen atoms in total. The molecular weight excluding hydrogens is 508 g/mol. The van der Waals surface area contributed by atoms with Gasteiger partial charge >= 0.3 is 5.97 Å². The van der Waals surface area contributed by atoms with E-state index in [-0.39, 0.29) is 34.1 Å². The number of methoxy groups -OCH3 is 1. The van der Waals surface area contributed by atoms with Gasteiger partial charge in [-0.2, -0.15) is 0 Å². The third kappa shape index (κ3) is 9.13. The van der Waals surface area contributed by atoms with Crippen molar-refractivity contribution in [2.24, 2.45) is 0 Å². The summed E-state index contributed by atoms with van der Waals surface area (Å²) in [7, 11) is -4.42. The lowest BCUT2D eigenvalue weighted by atomic mass is 9.93. The minimum absolute atomic E-state index is 0.0418. The maximum absolute atomic E-state index is 11.9. The zero-order valence-electron chi connectivity index (χ0n) is 23.4. The normalized spacial score (nSPS) is 13.8. The summed E-state index contributed by atoms with van der Waals surface area (Å²) >= 11 is 0. The summed E-state index contributed by atoms with van der Waals surface area (Å²) in [6.07, 6.45) is 1.31. The van der Waals surface area contributed by atoms with E-state index in [2.05, 4.69) is 57.8 Å². The maximum atomic E-state index is 11.9. The lowest BCUT2D eigenvalue weighted by Gasteiger charge is -2.40. The van der Waals surface area contributed by atoms with Crippen molar-refractivity contribution in [3.8, 4) is 5.75 Å². The molecule has 0 amide bonds. The van der Waals surface area contributed by atoms with E-state index in [9.17, 15) is 18.3 Å². The number of aromatic hydroxyl groups is 1. The number of nitrogens with one attached hydrogen (secondary N) is 2. The van der Waals surface area contributed by atoms with E-state index in [1.807, 2.05) is 18.2 Å². The molecule has 0 saturated heterocycles. The molecule has 37 heavy (non-hydrogen) atoms. The molecule has 0 aliphatic heterocycles. The van der Waals surface area contributed by atoms with Crippen LogP contribution in [-0.2, 0) is 25.6 Å². The second-order valence-electron chi connectivity index (χ2n) is 11.7. The fourth-order valence-electron chi connectivity index (χ4n) is 3.66. The smallest absolute Gasteiger partial charge is 0.337 e. The van der Waals surface area contributed by atoms with Gasteiger partial charge in [0.15, 0.2) is 8.32 Å². The van der Waals surface area contributed by atoms with Crippen LogP contribution in [0.5, 0.6) is 5.75 Å². The number of benzene rings is 2. The van der Waals surface area contributed by atoms with E-state index in [4.69, 9.17) is 9.16 Å². The van der Waals surface area contributed by atoms with Gasteiger partial charge in [0, 0.05) is 12.1 Å². The van der Waals surface area contributed by atoms with E-state index in [1.165, 1.54) is 13.2 Å². The second-order valence-corrected chi connectivity index (χ2v) is 18.2. The van der Waals surface area contributed by atoms with Crippen molar-refractivity contribution in [1.82, 2.24) is 5.32 Å². The number of hydrogen-bond acceptors (Lipinski definition) is 7. The summed E-state index contributed by atoms with van der Waals surface area (Å²) in [6.45, 7) is 15.4. The highest BCUT2D eigenvalue weighted by Crippen LogP contribution is 2.40. The highest BCUT2D eigenvalue weighted by molar-refractivity contribution is 7.92. The van der Waals surface area contributed by atoms with Crippen LogP contribution in [0.4, 0.5) is 5.69 Å². The summed E-state index contributed by atoms with van der Waals surface area (Å²) in [4.78, 5) is 11.9. The van der Waals surface area contributed by atoms with Crippen LogP contribution in [0.25, 0.3) is 0 Å². The van der Waals surface area contributed by atoms with Crippen LogP contribution < -0.4 is 10.0 Å². The molecule has 2 rings (SSSR count). The van der Waals surface area contributed by atoms with Crippen LogP contribution in [0.15, 0.2) is 42.5 Å². The largest absolute Gasteiger partial charge is 0.506 e. The monoisotopic (exact) mass is 550 g/mol. The molecule has 10 heteroatoms. The Morgan fingerprint density at radius 3 is 2.30 bits per heavy atom.